The summed E-state index contributed by atoms with van der Waals surface area (Å²) in [5, 5.41) is 10.1. The van der Waals surface area contributed by atoms with Gasteiger partial charge >= 0.3 is 5.97 Å². The number of aryl methyl sites for hydroxylation is 1. The van der Waals surface area contributed by atoms with E-state index in [0.717, 1.165) is 29.6 Å². The number of nitrogens with zero attached hydrogens (tertiary/aromatic N) is 2. The average Bonchev–Trinajstić information content (AvgIpc) is 3.05. The van der Waals surface area contributed by atoms with E-state index in [-0.39, 0.29) is 0 Å². The fourth-order valence-electron chi connectivity index (χ4n) is 3.05. The number of fused-ring (bicyclic) bond motifs is 1. The highest BCUT2D eigenvalue weighted by atomic mass is 16.4. The van der Waals surface area contributed by atoms with Gasteiger partial charge < -0.3 is 14.6 Å². The maximum Gasteiger partial charge on any atom is 0.335 e. The van der Waals surface area contributed by atoms with E-state index >= 15 is 0 Å². The number of carboxylic acids is 1. The summed E-state index contributed by atoms with van der Waals surface area (Å²) in [7, 11) is 0. The quantitative estimate of drug-likeness (QED) is 0.931. The smallest absolute Gasteiger partial charge is 0.335 e. The molecule has 4 heteroatoms. The van der Waals surface area contributed by atoms with E-state index in [1.54, 1.807) is 12.1 Å². The number of carbonyl (C=O) groups is 1. The molecule has 1 fully saturated rings. The first-order valence-electron chi connectivity index (χ1n) is 7.20. The number of hydrogen-bond donors (Lipinski definition) is 1. The highest BCUT2D eigenvalue weighted by Gasteiger charge is 2.13. The van der Waals surface area contributed by atoms with Gasteiger partial charge in [0.05, 0.1) is 5.56 Å². The number of aromatic nitrogens is 1. The van der Waals surface area contributed by atoms with Gasteiger partial charge in [-0.2, -0.15) is 0 Å². The number of likely N-dealkylation sites (tertiary alicyclic amines) is 1. The monoisotopic (exact) mass is 272 g/mol. The lowest BCUT2D eigenvalue weighted by molar-refractivity contribution is 0.0697. The number of carboxylic acid groups (broad SMARTS) is 1. The maximum atomic E-state index is 11.0. The molecule has 0 aliphatic carbocycles. The van der Waals surface area contributed by atoms with Crippen LogP contribution in [0.1, 0.15) is 28.8 Å². The molecule has 1 aliphatic heterocycles. The van der Waals surface area contributed by atoms with Crippen LogP contribution in [-0.2, 0) is 6.54 Å². The Hall–Kier alpha value is -1.81. The highest BCUT2D eigenvalue weighted by molar-refractivity contribution is 5.94. The zero-order valence-electron chi connectivity index (χ0n) is 11.8. The zero-order chi connectivity index (χ0) is 14.1. The Morgan fingerprint density at radius 3 is 2.70 bits per heavy atom. The third-order valence-electron chi connectivity index (χ3n) is 4.18. The molecule has 0 amide bonds. The Labute approximate surface area is 118 Å². The van der Waals surface area contributed by atoms with Crippen LogP contribution in [0.3, 0.4) is 0 Å². The Bertz CT molecular complexity index is 639. The van der Waals surface area contributed by atoms with Crippen molar-refractivity contribution in [1.82, 2.24) is 9.47 Å². The van der Waals surface area contributed by atoms with Gasteiger partial charge in [-0.1, -0.05) is 0 Å². The average molecular weight is 272 g/mol. The maximum absolute atomic E-state index is 11.0. The van der Waals surface area contributed by atoms with E-state index in [0.29, 0.717) is 5.56 Å². The first-order chi connectivity index (χ1) is 9.65. The van der Waals surface area contributed by atoms with Crippen molar-refractivity contribution in [2.24, 2.45) is 0 Å². The molecule has 106 valence electrons. The second-order valence-electron chi connectivity index (χ2n) is 5.59. The summed E-state index contributed by atoms with van der Waals surface area (Å²) in [5.74, 6) is -0.865. The lowest BCUT2D eigenvalue weighted by Crippen LogP contribution is -2.23. The predicted molar refractivity (Wildman–Crippen MR) is 79.3 cm³/mol. The lowest BCUT2D eigenvalue weighted by atomic mass is 10.1. The van der Waals surface area contributed by atoms with Crippen LogP contribution in [0.4, 0.5) is 0 Å². The molecule has 2 aromatic rings. The van der Waals surface area contributed by atoms with Gasteiger partial charge in [0.25, 0.3) is 0 Å². The van der Waals surface area contributed by atoms with Crippen LogP contribution in [-0.4, -0.2) is 40.2 Å². The minimum absolute atomic E-state index is 0.359. The van der Waals surface area contributed by atoms with Crippen LogP contribution < -0.4 is 0 Å². The molecule has 0 bridgehead atoms. The summed E-state index contributed by atoms with van der Waals surface area (Å²) in [6.45, 7) is 6.50. The van der Waals surface area contributed by atoms with Crippen LogP contribution in [0.5, 0.6) is 0 Å². The second-order valence-corrected chi connectivity index (χ2v) is 5.59. The van der Waals surface area contributed by atoms with Crippen molar-refractivity contribution < 1.29 is 9.90 Å². The van der Waals surface area contributed by atoms with E-state index in [1.807, 2.05) is 13.0 Å². The molecular weight excluding hydrogens is 252 g/mol. The summed E-state index contributed by atoms with van der Waals surface area (Å²) in [6, 6.07) is 5.39. The van der Waals surface area contributed by atoms with Gasteiger partial charge in [-0.25, -0.2) is 4.79 Å². The standard InChI is InChI=1S/C16H20N2O2/c1-12-11-18(9-8-17-6-2-3-7-17)15-5-4-13(16(19)20)10-14(12)15/h4-5,10-11H,2-3,6-9H2,1H3,(H,19,20). The summed E-state index contributed by atoms with van der Waals surface area (Å²) in [4.78, 5) is 13.5. The van der Waals surface area contributed by atoms with Crippen LogP contribution in [0.25, 0.3) is 10.9 Å². The van der Waals surface area contributed by atoms with Crippen LogP contribution in [0.2, 0.25) is 0 Å². The molecule has 1 aromatic carbocycles. The van der Waals surface area contributed by atoms with Crippen molar-refractivity contribution in [3.8, 4) is 0 Å². The van der Waals surface area contributed by atoms with E-state index in [4.69, 9.17) is 5.11 Å². The third-order valence-corrected chi connectivity index (χ3v) is 4.18. The summed E-state index contributed by atoms with van der Waals surface area (Å²) in [6.07, 6.45) is 4.76. The Kier molecular flexibility index (Phi) is 3.49. The molecule has 0 unspecified atom stereocenters. The van der Waals surface area contributed by atoms with Gasteiger partial charge in [-0.15, -0.1) is 0 Å². The molecular formula is C16H20N2O2. The largest absolute Gasteiger partial charge is 0.478 e. The van der Waals surface area contributed by atoms with Crippen molar-refractivity contribution in [2.75, 3.05) is 19.6 Å². The van der Waals surface area contributed by atoms with E-state index in [9.17, 15) is 4.79 Å². The molecule has 0 radical (unpaired) electrons. The van der Waals surface area contributed by atoms with Crippen molar-refractivity contribution in [2.45, 2.75) is 26.3 Å². The fourth-order valence-corrected chi connectivity index (χ4v) is 3.05. The van der Waals surface area contributed by atoms with Crippen LogP contribution in [0, 0.1) is 6.92 Å². The topological polar surface area (TPSA) is 45.5 Å². The van der Waals surface area contributed by atoms with Gasteiger partial charge in [0.15, 0.2) is 0 Å². The summed E-state index contributed by atoms with van der Waals surface area (Å²) < 4.78 is 2.24. The third kappa shape index (κ3) is 2.43. The molecule has 20 heavy (non-hydrogen) atoms. The lowest BCUT2D eigenvalue weighted by Gasteiger charge is -2.15. The van der Waals surface area contributed by atoms with Gasteiger partial charge in [-0.05, 0) is 56.6 Å². The van der Waals surface area contributed by atoms with Gasteiger partial charge in [0.2, 0.25) is 0 Å². The minimum atomic E-state index is -0.865. The molecule has 0 atom stereocenters. The molecule has 3 rings (SSSR count). The molecule has 4 nitrogen and oxygen atoms in total. The number of aromatic carboxylic acids is 1. The molecule has 1 N–H and O–H groups in total. The highest BCUT2D eigenvalue weighted by Crippen LogP contribution is 2.22. The Morgan fingerprint density at radius 2 is 2.00 bits per heavy atom. The number of benzene rings is 1. The Morgan fingerprint density at radius 1 is 1.25 bits per heavy atom. The number of hydrogen-bond acceptors (Lipinski definition) is 2. The van der Waals surface area contributed by atoms with Crippen molar-refractivity contribution >= 4 is 16.9 Å². The van der Waals surface area contributed by atoms with Gasteiger partial charge in [0, 0.05) is 30.2 Å². The van der Waals surface area contributed by atoms with Gasteiger partial charge in [-0.3, -0.25) is 0 Å². The molecule has 1 aromatic heterocycles. The minimum Gasteiger partial charge on any atom is -0.478 e. The second kappa shape index (κ2) is 5.29. The van der Waals surface area contributed by atoms with Crippen molar-refractivity contribution in [1.29, 1.82) is 0 Å². The van der Waals surface area contributed by atoms with Crippen LogP contribution in [0.15, 0.2) is 24.4 Å². The molecule has 0 spiro atoms. The molecule has 1 aliphatic rings. The van der Waals surface area contributed by atoms with Crippen LogP contribution >= 0.6 is 0 Å². The zero-order valence-corrected chi connectivity index (χ0v) is 11.8. The van der Waals surface area contributed by atoms with Gasteiger partial charge in [0.1, 0.15) is 0 Å². The molecule has 2 heterocycles. The van der Waals surface area contributed by atoms with Crippen molar-refractivity contribution in [3.63, 3.8) is 0 Å². The number of rotatable bonds is 4. The Balaban J connectivity index is 1.85. The molecule has 0 saturated carbocycles. The first kappa shape index (κ1) is 13.2. The predicted octanol–water partition coefficient (Wildman–Crippen LogP) is 2.74. The van der Waals surface area contributed by atoms with Crippen molar-refractivity contribution in [3.05, 3.63) is 35.5 Å². The SMILES string of the molecule is Cc1cn(CCN2CCCC2)c2ccc(C(=O)O)cc12. The van der Waals surface area contributed by atoms with E-state index in [1.165, 1.54) is 25.9 Å². The normalized spacial score (nSPS) is 16.1. The summed E-state index contributed by atoms with van der Waals surface area (Å²) >= 11 is 0. The van der Waals surface area contributed by atoms with E-state index < -0.39 is 5.97 Å². The molecule has 1 saturated heterocycles. The fraction of sp³-hybridized carbons (Fsp3) is 0.438. The van der Waals surface area contributed by atoms with E-state index in [2.05, 4.69) is 15.7 Å². The first-order valence-corrected chi connectivity index (χ1v) is 7.20. The summed E-state index contributed by atoms with van der Waals surface area (Å²) in [5.41, 5.74) is 2.63.